The number of ether oxygens (including phenoxy) is 1. The third kappa shape index (κ3) is 5.46. The fraction of sp³-hybridized carbons (Fsp3) is 0.833. The Labute approximate surface area is 108 Å². The Bertz CT molecular complexity index is 278. The topological polar surface area (TPSA) is 79.5 Å². The van der Waals surface area contributed by atoms with Crippen molar-refractivity contribution in [2.45, 2.75) is 32.8 Å². The number of nitrogens with one attached hydrogen (secondary N) is 3. The van der Waals surface area contributed by atoms with Crippen molar-refractivity contribution in [2.75, 3.05) is 26.2 Å². The predicted octanol–water partition coefficient (Wildman–Crippen LogP) is 0.237. The standard InChI is InChI=1S/C12H23N3O3/c1-3-14-12(17)15-11(16)9(2)18-7-5-10-4-6-13-8-10/h9-10,13H,3-8H2,1-2H3,(H2,14,15,16,17). The summed E-state index contributed by atoms with van der Waals surface area (Å²) >= 11 is 0. The van der Waals surface area contributed by atoms with E-state index in [2.05, 4.69) is 16.0 Å². The summed E-state index contributed by atoms with van der Waals surface area (Å²) in [4.78, 5) is 22.7. The largest absolute Gasteiger partial charge is 0.369 e. The van der Waals surface area contributed by atoms with Gasteiger partial charge in [0.25, 0.3) is 5.91 Å². The van der Waals surface area contributed by atoms with Crippen LogP contribution < -0.4 is 16.0 Å². The van der Waals surface area contributed by atoms with Crippen LogP contribution in [0.1, 0.15) is 26.7 Å². The molecule has 0 aromatic rings. The van der Waals surface area contributed by atoms with Crippen LogP contribution >= 0.6 is 0 Å². The van der Waals surface area contributed by atoms with Gasteiger partial charge in [0.1, 0.15) is 6.10 Å². The van der Waals surface area contributed by atoms with Gasteiger partial charge < -0.3 is 15.4 Å². The van der Waals surface area contributed by atoms with Crippen molar-refractivity contribution in [1.82, 2.24) is 16.0 Å². The maximum absolute atomic E-state index is 11.5. The lowest BCUT2D eigenvalue weighted by molar-refractivity contribution is -0.130. The second-order valence-corrected chi connectivity index (χ2v) is 4.51. The second kappa shape index (κ2) is 8.05. The highest BCUT2D eigenvalue weighted by Gasteiger charge is 2.18. The van der Waals surface area contributed by atoms with Crippen molar-refractivity contribution in [3.8, 4) is 0 Å². The molecule has 1 saturated heterocycles. The molecule has 0 aromatic heterocycles. The van der Waals surface area contributed by atoms with Crippen LogP contribution in [-0.4, -0.2) is 44.3 Å². The van der Waals surface area contributed by atoms with Gasteiger partial charge >= 0.3 is 6.03 Å². The summed E-state index contributed by atoms with van der Waals surface area (Å²) in [6.07, 6.45) is 1.52. The number of amides is 3. The van der Waals surface area contributed by atoms with Crippen LogP contribution in [0.15, 0.2) is 0 Å². The summed E-state index contributed by atoms with van der Waals surface area (Å²) < 4.78 is 5.42. The molecular formula is C12H23N3O3. The zero-order chi connectivity index (χ0) is 13.4. The predicted molar refractivity (Wildman–Crippen MR) is 68.2 cm³/mol. The summed E-state index contributed by atoms with van der Waals surface area (Å²) in [6.45, 7) is 6.58. The van der Waals surface area contributed by atoms with Crippen LogP contribution in [0.2, 0.25) is 0 Å². The van der Waals surface area contributed by atoms with Crippen LogP contribution in [-0.2, 0) is 9.53 Å². The van der Waals surface area contributed by atoms with E-state index in [4.69, 9.17) is 4.74 Å². The normalized spacial score (nSPS) is 20.4. The molecule has 2 atom stereocenters. The molecule has 2 unspecified atom stereocenters. The van der Waals surface area contributed by atoms with Crippen LogP contribution in [0.3, 0.4) is 0 Å². The zero-order valence-corrected chi connectivity index (χ0v) is 11.1. The molecule has 0 spiro atoms. The first kappa shape index (κ1) is 14.9. The molecule has 1 aliphatic heterocycles. The van der Waals surface area contributed by atoms with Gasteiger partial charge in [-0.05, 0) is 45.7 Å². The second-order valence-electron chi connectivity index (χ2n) is 4.51. The maximum Gasteiger partial charge on any atom is 0.321 e. The lowest BCUT2D eigenvalue weighted by Crippen LogP contribution is -2.44. The van der Waals surface area contributed by atoms with E-state index in [9.17, 15) is 9.59 Å². The highest BCUT2D eigenvalue weighted by Crippen LogP contribution is 2.12. The number of carbonyl (C=O) groups excluding carboxylic acids is 2. The molecule has 3 amide bonds. The van der Waals surface area contributed by atoms with Gasteiger partial charge in [0.05, 0.1) is 0 Å². The smallest absolute Gasteiger partial charge is 0.321 e. The number of hydrogen-bond acceptors (Lipinski definition) is 4. The van der Waals surface area contributed by atoms with Gasteiger partial charge in [-0.25, -0.2) is 4.79 Å². The molecule has 0 aliphatic carbocycles. The van der Waals surface area contributed by atoms with Crippen LogP contribution in [0.4, 0.5) is 4.79 Å². The molecule has 18 heavy (non-hydrogen) atoms. The molecular weight excluding hydrogens is 234 g/mol. The monoisotopic (exact) mass is 257 g/mol. The van der Waals surface area contributed by atoms with E-state index in [1.165, 1.54) is 6.42 Å². The lowest BCUT2D eigenvalue weighted by Gasteiger charge is -2.14. The summed E-state index contributed by atoms with van der Waals surface area (Å²) in [5.41, 5.74) is 0. The Hall–Kier alpha value is -1.14. The number of carbonyl (C=O) groups is 2. The van der Waals surface area contributed by atoms with Crippen molar-refractivity contribution < 1.29 is 14.3 Å². The average Bonchev–Trinajstić information content (AvgIpc) is 2.82. The Morgan fingerprint density at radius 3 is 2.89 bits per heavy atom. The van der Waals surface area contributed by atoms with E-state index in [0.717, 1.165) is 19.5 Å². The summed E-state index contributed by atoms with van der Waals surface area (Å²) in [5, 5.41) is 8.02. The summed E-state index contributed by atoms with van der Waals surface area (Å²) in [6, 6.07) is -0.474. The summed E-state index contributed by atoms with van der Waals surface area (Å²) in [7, 11) is 0. The molecule has 1 heterocycles. The van der Waals surface area contributed by atoms with Crippen molar-refractivity contribution in [3.63, 3.8) is 0 Å². The van der Waals surface area contributed by atoms with Crippen molar-refractivity contribution in [1.29, 1.82) is 0 Å². The quantitative estimate of drug-likeness (QED) is 0.636. The van der Waals surface area contributed by atoms with Crippen LogP contribution in [0, 0.1) is 5.92 Å². The lowest BCUT2D eigenvalue weighted by atomic mass is 10.1. The fourth-order valence-electron chi connectivity index (χ4n) is 1.87. The Balaban J connectivity index is 2.12. The van der Waals surface area contributed by atoms with Gasteiger partial charge in [-0.2, -0.15) is 0 Å². The van der Waals surface area contributed by atoms with Gasteiger partial charge in [-0.3, -0.25) is 10.1 Å². The molecule has 0 saturated carbocycles. The van der Waals surface area contributed by atoms with Crippen molar-refractivity contribution in [2.24, 2.45) is 5.92 Å². The highest BCUT2D eigenvalue weighted by atomic mass is 16.5. The molecule has 1 rings (SSSR count). The van der Waals surface area contributed by atoms with Crippen LogP contribution in [0.5, 0.6) is 0 Å². The first-order valence-electron chi connectivity index (χ1n) is 6.54. The van der Waals surface area contributed by atoms with Crippen molar-refractivity contribution in [3.05, 3.63) is 0 Å². The zero-order valence-electron chi connectivity index (χ0n) is 11.1. The van der Waals surface area contributed by atoms with E-state index in [0.29, 0.717) is 19.1 Å². The molecule has 3 N–H and O–H groups in total. The Kier molecular flexibility index (Phi) is 6.67. The molecule has 0 radical (unpaired) electrons. The third-order valence-corrected chi connectivity index (χ3v) is 3.00. The average molecular weight is 257 g/mol. The fourth-order valence-corrected chi connectivity index (χ4v) is 1.87. The number of hydrogen-bond donors (Lipinski definition) is 3. The van der Waals surface area contributed by atoms with Gasteiger partial charge in [0.2, 0.25) is 0 Å². The molecule has 104 valence electrons. The third-order valence-electron chi connectivity index (χ3n) is 3.00. The minimum atomic E-state index is -0.595. The van der Waals surface area contributed by atoms with Gasteiger partial charge in [-0.15, -0.1) is 0 Å². The van der Waals surface area contributed by atoms with Crippen molar-refractivity contribution >= 4 is 11.9 Å². The highest BCUT2D eigenvalue weighted by molar-refractivity contribution is 5.96. The van der Waals surface area contributed by atoms with Gasteiger partial charge in [0.15, 0.2) is 0 Å². The molecule has 1 fully saturated rings. The molecule has 1 aliphatic rings. The Morgan fingerprint density at radius 1 is 1.50 bits per heavy atom. The first-order chi connectivity index (χ1) is 8.63. The SMILES string of the molecule is CCNC(=O)NC(=O)C(C)OCCC1CCNC1. The Morgan fingerprint density at radius 2 is 2.28 bits per heavy atom. The van der Waals surface area contributed by atoms with E-state index in [1.807, 2.05) is 0 Å². The van der Waals surface area contributed by atoms with Gasteiger partial charge in [-0.1, -0.05) is 0 Å². The van der Waals surface area contributed by atoms with E-state index >= 15 is 0 Å². The molecule has 0 aromatic carbocycles. The van der Waals surface area contributed by atoms with E-state index < -0.39 is 18.0 Å². The minimum absolute atomic E-state index is 0.398. The minimum Gasteiger partial charge on any atom is -0.369 e. The van der Waals surface area contributed by atoms with E-state index in [1.54, 1.807) is 13.8 Å². The van der Waals surface area contributed by atoms with Crippen LogP contribution in [0.25, 0.3) is 0 Å². The number of imide groups is 1. The molecule has 6 nitrogen and oxygen atoms in total. The maximum atomic E-state index is 11.5. The molecule has 0 bridgehead atoms. The summed E-state index contributed by atoms with van der Waals surface area (Å²) in [5.74, 6) is 0.245. The van der Waals surface area contributed by atoms with E-state index in [-0.39, 0.29) is 0 Å². The first-order valence-corrected chi connectivity index (χ1v) is 6.54. The molecule has 6 heteroatoms. The number of rotatable bonds is 6. The number of urea groups is 1. The van der Waals surface area contributed by atoms with Gasteiger partial charge in [0, 0.05) is 13.2 Å².